The maximum Gasteiger partial charge on any atom is 0.273 e. The van der Waals surface area contributed by atoms with Crippen LogP contribution in [0.2, 0.25) is 0 Å². The Kier molecular flexibility index (Phi) is 3.72. The zero-order chi connectivity index (χ0) is 9.84. The molecule has 0 aliphatic heterocycles. The first kappa shape index (κ1) is 10.5. The average molecular weight is 199 g/mol. The van der Waals surface area contributed by atoms with Gasteiger partial charge in [-0.3, -0.25) is 0 Å². The summed E-state index contributed by atoms with van der Waals surface area (Å²) in [5.41, 5.74) is 0. The van der Waals surface area contributed by atoms with Gasteiger partial charge >= 0.3 is 0 Å². The number of hydrogen-bond donors (Lipinski definition) is 0. The molecule has 1 aromatic rings. The molecule has 0 atom stereocenters. The lowest BCUT2D eigenvalue weighted by Gasteiger charge is -2.04. The third-order valence-corrected chi connectivity index (χ3v) is 2.82. The number of nitrogens with zero attached hydrogens (tertiary/aromatic N) is 1. The van der Waals surface area contributed by atoms with Crippen molar-refractivity contribution in [2.75, 3.05) is 6.61 Å². The van der Waals surface area contributed by atoms with Gasteiger partial charge in [-0.1, -0.05) is 39.0 Å². The second kappa shape index (κ2) is 4.61. The van der Waals surface area contributed by atoms with Gasteiger partial charge in [-0.25, -0.2) is 4.98 Å². The Labute approximate surface area is 84.0 Å². The molecule has 0 N–H and O–H groups in total. The maximum absolute atomic E-state index is 5.51. The van der Waals surface area contributed by atoms with E-state index in [-0.39, 0.29) is 0 Å². The van der Waals surface area contributed by atoms with E-state index in [2.05, 4.69) is 32.7 Å². The van der Waals surface area contributed by atoms with Crippen LogP contribution in [0.1, 0.15) is 38.5 Å². The van der Waals surface area contributed by atoms with Crippen LogP contribution in [-0.4, -0.2) is 11.6 Å². The van der Waals surface area contributed by atoms with Crippen LogP contribution in [0.3, 0.4) is 0 Å². The molecule has 1 heterocycles. The number of hydrogen-bond acceptors (Lipinski definition) is 3. The van der Waals surface area contributed by atoms with Gasteiger partial charge in [0.2, 0.25) is 0 Å². The normalized spacial score (nSPS) is 11.2. The second-order valence-electron chi connectivity index (χ2n) is 3.89. The molecule has 0 saturated heterocycles. The molecule has 0 aliphatic rings. The smallest absolute Gasteiger partial charge is 0.273 e. The van der Waals surface area contributed by atoms with Crippen molar-refractivity contribution < 1.29 is 4.74 Å². The minimum absolute atomic E-state index is 0.550. The topological polar surface area (TPSA) is 22.1 Å². The lowest BCUT2D eigenvalue weighted by atomic mass is 10.2. The SMILES string of the molecule is CC(C)COc1ncc(C(C)C)s1. The minimum Gasteiger partial charge on any atom is -0.470 e. The van der Waals surface area contributed by atoms with Crippen molar-refractivity contribution in [2.24, 2.45) is 5.92 Å². The molecule has 3 heteroatoms. The summed E-state index contributed by atoms with van der Waals surface area (Å²) in [6.45, 7) is 9.36. The molecule has 13 heavy (non-hydrogen) atoms. The van der Waals surface area contributed by atoms with Crippen LogP contribution in [0.25, 0.3) is 0 Å². The van der Waals surface area contributed by atoms with Gasteiger partial charge in [0.05, 0.1) is 6.61 Å². The number of rotatable bonds is 4. The van der Waals surface area contributed by atoms with Crippen molar-refractivity contribution in [2.45, 2.75) is 33.6 Å². The highest BCUT2D eigenvalue weighted by atomic mass is 32.1. The van der Waals surface area contributed by atoms with E-state index in [0.29, 0.717) is 11.8 Å². The molecule has 0 unspecified atom stereocenters. The van der Waals surface area contributed by atoms with Gasteiger partial charge in [0.15, 0.2) is 0 Å². The zero-order valence-corrected chi connectivity index (χ0v) is 9.52. The van der Waals surface area contributed by atoms with Crippen LogP contribution >= 0.6 is 11.3 Å². The Morgan fingerprint density at radius 2 is 2.08 bits per heavy atom. The van der Waals surface area contributed by atoms with E-state index in [0.717, 1.165) is 11.8 Å². The zero-order valence-electron chi connectivity index (χ0n) is 8.70. The molecule has 0 radical (unpaired) electrons. The van der Waals surface area contributed by atoms with Crippen molar-refractivity contribution in [3.63, 3.8) is 0 Å². The molecule has 0 amide bonds. The molecule has 1 aromatic heterocycles. The largest absolute Gasteiger partial charge is 0.470 e. The van der Waals surface area contributed by atoms with E-state index in [1.165, 1.54) is 4.88 Å². The summed E-state index contributed by atoms with van der Waals surface area (Å²) in [5.74, 6) is 1.11. The van der Waals surface area contributed by atoms with Gasteiger partial charge < -0.3 is 4.74 Å². The predicted octanol–water partition coefficient (Wildman–Crippen LogP) is 3.30. The van der Waals surface area contributed by atoms with Gasteiger partial charge in [-0.15, -0.1) is 0 Å². The fourth-order valence-electron chi connectivity index (χ4n) is 0.841. The van der Waals surface area contributed by atoms with Gasteiger partial charge in [0.25, 0.3) is 5.19 Å². The van der Waals surface area contributed by atoms with E-state index in [1.807, 2.05) is 6.20 Å². The fourth-order valence-corrected chi connectivity index (χ4v) is 1.62. The summed E-state index contributed by atoms with van der Waals surface area (Å²) in [4.78, 5) is 5.50. The summed E-state index contributed by atoms with van der Waals surface area (Å²) in [5, 5.41) is 0.803. The van der Waals surface area contributed by atoms with Crippen molar-refractivity contribution in [3.05, 3.63) is 11.1 Å². The highest BCUT2D eigenvalue weighted by Crippen LogP contribution is 2.26. The minimum atomic E-state index is 0.550. The summed E-state index contributed by atoms with van der Waals surface area (Å²) in [6.07, 6.45) is 1.91. The standard InChI is InChI=1S/C10H17NOS/c1-7(2)6-12-10-11-5-9(13-10)8(3)4/h5,7-8H,6H2,1-4H3. The number of ether oxygens (including phenoxy) is 1. The fraction of sp³-hybridized carbons (Fsp3) is 0.700. The summed E-state index contributed by atoms with van der Waals surface area (Å²) in [6, 6.07) is 0. The highest BCUT2D eigenvalue weighted by molar-refractivity contribution is 7.13. The first-order chi connectivity index (χ1) is 6.09. The first-order valence-electron chi connectivity index (χ1n) is 4.68. The van der Waals surface area contributed by atoms with E-state index < -0.39 is 0 Å². The molecular formula is C10H17NOS. The summed E-state index contributed by atoms with van der Waals surface area (Å²) < 4.78 is 5.51. The number of aromatic nitrogens is 1. The van der Waals surface area contributed by atoms with Crippen LogP contribution in [-0.2, 0) is 0 Å². The van der Waals surface area contributed by atoms with Gasteiger partial charge in [-0.05, 0) is 11.8 Å². The maximum atomic E-state index is 5.51. The molecule has 74 valence electrons. The Hall–Kier alpha value is -0.570. The van der Waals surface area contributed by atoms with E-state index >= 15 is 0 Å². The third-order valence-electron chi connectivity index (χ3n) is 1.61. The lowest BCUT2D eigenvalue weighted by molar-refractivity contribution is 0.270. The van der Waals surface area contributed by atoms with Gasteiger partial charge in [0, 0.05) is 11.1 Å². The van der Waals surface area contributed by atoms with E-state index in [9.17, 15) is 0 Å². The second-order valence-corrected chi connectivity index (χ2v) is 4.91. The highest BCUT2D eigenvalue weighted by Gasteiger charge is 2.06. The van der Waals surface area contributed by atoms with Crippen molar-refractivity contribution in [3.8, 4) is 5.19 Å². The Morgan fingerprint density at radius 3 is 2.54 bits per heavy atom. The summed E-state index contributed by atoms with van der Waals surface area (Å²) >= 11 is 1.65. The molecule has 0 spiro atoms. The van der Waals surface area contributed by atoms with Crippen molar-refractivity contribution >= 4 is 11.3 Å². The number of thiazole rings is 1. The molecule has 0 fully saturated rings. The summed E-state index contributed by atoms with van der Waals surface area (Å²) in [7, 11) is 0. The molecule has 1 rings (SSSR count). The Balaban J connectivity index is 2.49. The van der Waals surface area contributed by atoms with Gasteiger partial charge in [-0.2, -0.15) is 0 Å². The van der Waals surface area contributed by atoms with Crippen LogP contribution in [0, 0.1) is 5.92 Å². The molecule has 0 aromatic carbocycles. The van der Waals surface area contributed by atoms with Crippen molar-refractivity contribution in [1.29, 1.82) is 0 Å². The van der Waals surface area contributed by atoms with Crippen LogP contribution in [0.15, 0.2) is 6.20 Å². The molecule has 2 nitrogen and oxygen atoms in total. The molecule has 0 saturated carbocycles. The van der Waals surface area contributed by atoms with Crippen LogP contribution in [0.4, 0.5) is 0 Å². The molecular weight excluding hydrogens is 182 g/mol. The van der Waals surface area contributed by atoms with Crippen LogP contribution in [0.5, 0.6) is 5.19 Å². The van der Waals surface area contributed by atoms with Crippen molar-refractivity contribution in [1.82, 2.24) is 4.98 Å². The van der Waals surface area contributed by atoms with Crippen LogP contribution < -0.4 is 4.74 Å². The average Bonchev–Trinajstić information content (AvgIpc) is 2.48. The Bertz CT molecular complexity index is 255. The van der Waals surface area contributed by atoms with E-state index in [1.54, 1.807) is 11.3 Å². The molecule has 0 aliphatic carbocycles. The third kappa shape index (κ3) is 3.35. The Morgan fingerprint density at radius 1 is 1.38 bits per heavy atom. The predicted molar refractivity (Wildman–Crippen MR) is 56.5 cm³/mol. The first-order valence-corrected chi connectivity index (χ1v) is 5.49. The lowest BCUT2D eigenvalue weighted by Crippen LogP contribution is -2.03. The van der Waals surface area contributed by atoms with E-state index in [4.69, 9.17) is 4.74 Å². The van der Waals surface area contributed by atoms with Gasteiger partial charge in [0.1, 0.15) is 0 Å². The molecule has 0 bridgehead atoms. The monoisotopic (exact) mass is 199 g/mol. The quantitative estimate of drug-likeness (QED) is 0.742.